The van der Waals surface area contributed by atoms with Crippen LogP contribution in [0.3, 0.4) is 0 Å². The van der Waals surface area contributed by atoms with E-state index in [1.165, 1.54) is 30.1 Å². The average Bonchev–Trinajstić information content (AvgIpc) is 3.07. The summed E-state index contributed by atoms with van der Waals surface area (Å²) < 4.78 is 12.6. The summed E-state index contributed by atoms with van der Waals surface area (Å²) in [5.74, 6) is -0.0613. The zero-order valence-corrected chi connectivity index (χ0v) is 18.7. The minimum absolute atomic E-state index is 0.256. The second-order valence-corrected chi connectivity index (χ2v) is 8.32. The first-order chi connectivity index (χ1) is 14.9. The molecule has 1 aliphatic rings. The maximum absolute atomic E-state index is 13.5. The third-order valence-corrected chi connectivity index (χ3v) is 6.23. The molecule has 8 heteroatoms. The lowest BCUT2D eigenvalue weighted by Crippen LogP contribution is -2.40. The van der Waals surface area contributed by atoms with Gasteiger partial charge in [-0.1, -0.05) is 53.3 Å². The van der Waals surface area contributed by atoms with Gasteiger partial charge in [0.15, 0.2) is 4.80 Å². The van der Waals surface area contributed by atoms with E-state index in [1.54, 1.807) is 25.1 Å². The molecule has 0 amide bonds. The molecule has 0 saturated carbocycles. The van der Waals surface area contributed by atoms with Gasteiger partial charge in [-0.25, -0.2) is 9.79 Å². The van der Waals surface area contributed by atoms with Crippen molar-refractivity contribution in [2.45, 2.75) is 13.0 Å². The Labute approximate surface area is 187 Å². The van der Waals surface area contributed by atoms with Crippen LogP contribution in [0.1, 0.15) is 24.1 Å². The molecule has 1 aliphatic heterocycles. The summed E-state index contributed by atoms with van der Waals surface area (Å²) in [5, 5.41) is 0.459. The molecule has 158 valence electrons. The van der Waals surface area contributed by atoms with Crippen molar-refractivity contribution in [3.05, 3.63) is 95.6 Å². The predicted octanol–water partition coefficient (Wildman–Crippen LogP) is 3.07. The standard InChI is InChI=1S/C23H19ClN2O4S/c1-13-19(22(28)30-3)20(16-12-15(24)9-10-17(16)29-2)26-21(27)18(31-23(26)25-13)11-14-7-5-4-6-8-14/h4-12,20H,1-3H3/b18-11-/t20-/m0/s1. The zero-order valence-electron chi connectivity index (χ0n) is 17.1. The zero-order chi connectivity index (χ0) is 22.1. The van der Waals surface area contributed by atoms with Crippen LogP contribution in [-0.2, 0) is 9.53 Å². The Balaban J connectivity index is 2.04. The van der Waals surface area contributed by atoms with E-state index in [9.17, 15) is 9.59 Å². The molecule has 1 aromatic heterocycles. The van der Waals surface area contributed by atoms with E-state index < -0.39 is 12.0 Å². The van der Waals surface area contributed by atoms with Gasteiger partial charge in [-0.05, 0) is 36.8 Å². The van der Waals surface area contributed by atoms with Gasteiger partial charge in [-0.3, -0.25) is 9.36 Å². The fourth-order valence-electron chi connectivity index (χ4n) is 3.61. The normalized spacial score (nSPS) is 16.0. The molecular formula is C23H19ClN2O4S. The number of hydrogen-bond donors (Lipinski definition) is 0. The van der Waals surface area contributed by atoms with Crippen LogP contribution in [0.15, 0.2) is 69.6 Å². The topological polar surface area (TPSA) is 69.9 Å². The van der Waals surface area contributed by atoms with Crippen LogP contribution < -0.4 is 19.6 Å². The van der Waals surface area contributed by atoms with Gasteiger partial charge in [-0.15, -0.1) is 0 Å². The molecule has 2 aromatic carbocycles. The smallest absolute Gasteiger partial charge is 0.338 e. The molecule has 0 radical (unpaired) electrons. The van der Waals surface area contributed by atoms with Gasteiger partial charge >= 0.3 is 5.97 Å². The third-order valence-electron chi connectivity index (χ3n) is 5.01. The summed E-state index contributed by atoms with van der Waals surface area (Å²) in [5.41, 5.74) is 1.97. The van der Waals surface area contributed by atoms with E-state index in [0.717, 1.165) is 5.56 Å². The summed E-state index contributed by atoms with van der Waals surface area (Å²) in [4.78, 5) is 31.2. The Morgan fingerprint density at radius 3 is 2.61 bits per heavy atom. The minimum atomic E-state index is -0.782. The maximum atomic E-state index is 13.5. The van der Waals surface area contributed by atoms with E-state index in [4.69, 9.17) is 21.1 Å². The van der Waals surface area contributed by atoms with Crippen molar-refractivity contribution >= 4 is 35.0 Å². The molecule has 0 bridgehead atoms. The number of benzene rings is 2. The van der Waals surface area contributed by atoms with Gasteiger partial charge in [-0.2, -0.15) is 0 Å². The molecule has 0 aliphatic carbocycles. The van der Waals surface area contributed by atoms with Crippen LogP contribution in [0.2, 0.25) is 5.02 Å². The quantitative estimate of drug-likeness (QED) is 0.568. The van der Waals surface area contributed by atoms with Crippen LogP contribution in [0.4, 0.5) is 0 Å². The summed E-state index contributed by atoms with van der Waals surface area (Å²) >= 11 is 7.53. The number of fused-ring (bicyclic) bond motifs is 1. The fraction of sp³-hybridized carbons (Fsp3) is 0.174. The number of halogens is 1. The highest BCUT2D eigenvalue weighted by Crippen LogP contribution is 2.37. The lowest BCUT2D eigenvalue weighted by Gasteiger charge is -2.25. The number of allylic oxidation sites excluding steroid dienone is 1. The number of carbonyl (C=O) groups excluding carboxylic acids is 1. The fourth-order valence-corrected chi connectivity index (χ4v) is 4.83. The number of rotatable bonds is 4. The number of esters is 1. The van der Waals surface area contributed by atoms with E-state index >= 15 is 0 Å². The summed E-state index contributed by atoms with van der Waals surface area (Å²) in [6.07, 6.45) is 1.81. The first kappa shape index (κ1) is 21.1. The van der Waals surface area contributed by atoms with Crippen molar-refractivity contribution in [3.63, 3.8) is 0 Å². The van der Waals surface area contributed by atoms with Crippen molar-refractivity contribution < 1.29 is 14.3 Å². The Kier molecular flexibility index (Phi) is 5.80. The third kappa shape index (κ3) is 3.82. The highest BCUT2D eigenvalue weighted by molar-refractivity contribution is 7.07. The molecule has 31 heavy (non-hydrogen) atoms. The van der Waals surface area contributed by atoms with Crippen molar-refractivity contribution in [3.8, 4) is 5.75 Å². The van der Waals surface area contributed by atoms with Gasteiger partial charge in [0, 0.05) is 10.6 Å². The van der Waals surface area contributed by atoms with E-state index in [0.29, 0.717) is 31.4 Å². The van der Waals surface area contributed by atoms with Gasteiger partial charge in [0.05, 0.1) is 30.0 Å². The van der Waals surface area contributed by atoms with Gasteiger partial charge < -0.3 is 9.47 Å². The first-order valence-electron chi connectivity index (χ1n) is 9.44. The number of methoxy groups -OCH3 is 2. The average molecular weight is 455 g/mol. The highest BCUT2D eigenvalue weighted by atomic mass is 35.5. The molecule has 0 N–H and O–H groups in total. The lowest BCUT2D eigenvalue weighted by atomic mass is 9.95. The van der Waals surface area contributed by atoms with E-state index in [2.05, 4.69) is 4.99 Å². The Hall–Kier alpha value is -3.16. The molecule has 0 unspecified atom stereocenters. The molecule has 1 atom stereocenters. The lowest BCUT2D eigenvalue weighted by molar-refractivity contribution is -0.136. The van der Waals surface area contributed by atoms with Crippen LogP contribution >= 0.6 is 22.9 Å². The summed E-state index contributed by atoms with van der Waals surface area (Å²) in [6.45, 7) is 1.73. The van der Waals surface area contributed by atoms with Crippen molar-refractivity contribution in [1.29, 1.82) is 0 Å². The van der Waals surface area contributed by atoms with Crippen LogP contribution in [0.25, 0.3) is 6.08 Å². The number of nitrogens with zero attached hydrogens (tertiary/aromatic N) is 2. The Morgan fingerprint density at radius 1 is 1.19 bits per heavy atom. The number of thiazole rings is 1. The number of hydrogen-bond acceptors (Lipinski definition) is 6. The van der Waals surface area contributed by atoms with E-state index in [1.807, 2.05) is 36.4 Å². The minimum Gasteiger partial charge on any atom is -0.496 e. The molecular weight excluding hydrogens is 436 g/mol. The Bertz CT molecular complexity index is 1370. The summed E-state index contributed by atoms with van der Waals surface area (Å²) in [6, 6.07) is 13.9. The second kappa shape index (κ2) is 8.53. The van der Waals surface area contributed by atoms with Crippen molar-refractivity contribution in [2.24, 2.45) is 4.99 Å². The van der Waals surface area contributed by atoms with Crippen molar-refractivity contribution in [1.82, 2.24) is 4.57 Å². The van der Waals surface area contributed by atoms with Crippen LogP contribution in [0, 0.1) is 0 Å². The second-order valence-electron chi connectivity index (χ2n) is 6.87. The maximum Gasteiger partial charge on any atom is 0.338 e. The van der Waals surface area contributed by atoms with Crippen LogP contribution in [-0.4, -0.2) is 24.8 Å². The van der Waals surface area contributed by atoms with Crippen molar-refractivity contribution in [2.75, 3.05) is 14.2 Å². The molecule has 0 fully saturated rings. The number of ether oxygens (including phenoxy) is 2. The Morgan fingerprint density at radius 2 is 1.94 bits per heavy atom. The molecule has 6 nitrogen and oxygen atoms in total. The monoisotopic (exact) mass is 454 g/mol. The molecule has 2 heterocycles. The SMILES string of the molecule is COC(=O)C1=C(C)N=c2s/c(=C\c3ccccc3)c(=O)n2[C@H]1c1cc(Cl)ccc1OC. The van der Waals surface area contributed by atoms with Gasteiger partial charge in [0.25, 0.3) is 5.56 Å². The van der Waals surface area contributed by atoms with Gasteiger partial charge in [0.1, 0.15) is 11.8 Å². The van der Waals surface area contributed by atoms with Gasteiger partial charge in [0.2, 0.25) is 0 Å². The van der Waals surface area contributed by atoms with E-state index in [-0.39, 0.29) is 11.1 Å². The van der Waals surface area contributed by atoms with Crippen LogP contribution in [0.5, 0.6) is 5.75 Å². The summed E-state index contributed by atoms with van der Waals surface area (Å²) in [7, 11) is 2.83. The molecule has 0 saturated heterocycles. The number of aromatic nitrogens is 1. The first-order valence-corrected chi connectivity index (χ1v) is 10.6. The molecule has 0 spiro atoms. The predicted molar refractivity (Wildman–Crippen MR) is 120 cm³/mol. The molecule has 4 rings (SSSR count). The highest BCUT2D eigenvalue weighted by Gasteiger charge is 2.35. The number of carbonyl (C=O) groups is 1. The molecule has 3 aromatic rings. The largest absolute Gasteiger partial charge is 0.496 e.